The molecule has 2 bridgehead atoms. The third-order valence-electron chi connectivity index (χ3n) is 6.31. The Balaban J connectivity index is 1.44. The van der Waals surface area contributed by atoms with E-state index in [9.17, 15) is 0 Å². The van der Waals surface area contributed by atoms with Crippen molar-refractivity contribution in [3.05, 3.63) is 107 Å². The molecule has 4 aromatic rings. The van der Waals surface area contributed by atoms with Crippen LogP contribution in [0.3, 0.4) is 0 Å². The quantitative estimate of drug-likeness (QED) is 0.384. The summed E-state index contributed by atoms with van der Waals surface area (Å²) in [5, 5.41) is 5.20. The highest BCUT2D eigenvalue weighted by Gasteiger charge is 2.39. The second-order valence-corrected chi connectivity index (χ2v) is 11.6. The van der Waals surface area contributed by atoms with Gasteiger partial charge in [0, 0.05) is 34.1 Å². The number of hydrogen-bond donors (Lipinski definition) is 0. The molecule has 0 aliphatic carbocycles. The molecule has 4 heteroatoms. The van der Waals surface area contributed by atoms with Crippen molar-refractivity contribution < 1.29 is 9.47 Å². The van der Waals surface area contributed by atoms with Crippen molar-refractivity contribution in [2.24, 2.45) is 0 Å². The van der Waals surface area contributed by atoms with Crippen LogP contribution in [0.25, 0.3) is 0 Å². The van der Waals surface area contributed by atoms with Gasteiger partial charge in [-0.3, -0.25) is 0 Å². The van der Waals surface area contributed by atoms with E-state index in [0.29, 0.717) is 23.1 Å². The van der Waals surface area contributed by atoms with Crippen LogP contribution in [0.2, 0.25) is 0 Å². The minimum Gasteiger partial charge on any atom is -0.454 e. The summed E-state index contributed by atoms with van der Waals surface area (Å²) in [4.78, 5) is 0. The summed E-state index contributed by atoms with van der Waals surface area (Å²) in [6.45, 7) is 4.40. The van der Waals surface area contributed by atoms with Gasteiger partial charge in [0.1, 0.15) is 11.5 Å². The second kappa shape index (κ2) is 8.60. The highest BCUT2D eigenvalue weighted by Crippen LogP contribution is 2.48. The Bertz CT molecular complexity index is 1220. The Morgan fingerprint density at radius 1 is 0.636 bits per heavy atom. The molecule has 2 nitrogen and oxygen atoms in total. The van der Waals surface area contributed by atoms with Gasteiger partial charge in [0.05, 0.1) is 0 Å². The molecule has 0 saturated heterocycles. The third-order valence-corrected chi connectivity index (χ3v) is 8.83. The first-order chi connectivity index (χ1) is 16.1. The third kappa shape index (κ3) is 4.08. The van der Waals surface area contributed by atoms with Crippen LogP contribution in [-0.4, -0.2) is 6.29 Å². The minimum atomic E-state index is -0.237. The lowest BCUT2D eigenvalue weighted by Gasteiger charge is -2.40. The summed E-state index contributed by atoms with van der Waals surface area (Å²) >= 11 is 0. The zero-order chi connectivity index (χ0) is 22.4. The van der Waals surface area contributed by atoms with Gasteiger partial charge in [-0.2, -0.15) is 0 Å². The van der Waals surface area contributed by atoms with E-state index in [2.05, 4.69) is 98.8 Å². The second-order valence-electron chi connectivity index (χ2n) is 8.90. The first-order valence-corrected chi connectivity index (χ1v) is 13.4. The molecule has 0 radical (unpaired) electrons. The maximum atomic E-state index is 6.54. The summed E-state index contributed by atoms with van der Waals surface area (Å²) in [5.74, 6) is 2.37. The Morgan fingerprint density at radius 2 is 1.09 bits per heavy atom. The molecule has 2 aliphatic rings. The predicted molar refractivity (Wildman–Crippen MR) is 142 cm³/mol. The van der Waals surface area contributed by atoms with Gasteiger partial charge < -0.3 is 9.47 Å². The van der Waals surface area contributed by atoms with Gasteiger partial charge >= 0.3 is 0 Å². The van der Waals surface area contributed by atoms with Crippen LogP contribution in [0.1, 0.15) is 34.6 Å². The molecule has 0 aromatic heterocycles. The van der Waals surface area contributed by atoms with Crippen LogP contribution in [0, 0.1) is 13.8 Å². The van der Waals surface area contributed by atoms with Crippen LogP contribution in [0.15, 0.2) is 84.9 Å². The summed E-state index contributed by atoms with van der Waals surface area (Å²) < 4.78 is 13.1. The Labute approximate surface area is 198 Å². The van der Waals surface area contributed by atoms with E-state index in [4.69, 9.17) is 9.47 Å². The van der Waals surface area contributed by atoms with E-state index in [1.165, 1.54) is 43.5 Å². The molecule has 4 aromatic carbocycles. The van der Waals surface area contributed by atoms with Crippen LogP contribution < -0.4 is 30.7 Å². The van der Waals surface area contributed by atoms with Crippen molar-refractivity contribution in [2.75, 3.05) is 0 Å². The van der Waals surface area contributed by atoms with E-state index < -0.39 is 0 Å². The average molecular weight is 468 g/mol. The SMILES string of the molecule is Cc1cc(Pc2ccccc2)c2c(c1)C1CC(O2)Oc2c(Pc3ccccc3)cc(C)cc21. The van der Waals surface area contributed by atoms with Crippen LogP contribution >= 0.6 is 17.2 Å². The lowest BCUT2D eigenvalue weighted by molar-refractivity contribution is -0.0247. The van der Waals surface area contributed by atoms with E-state index in [-0.39, 0.29) is 6.29 Å². The highest BCUT2D eigenvalue weighted by atomic mass is 31.1. The molecule has 2 atom stereocenters. The zero-order valence-electron chi connectivity index (χ0n) is 18.8. The predicted octanol–water partition coefficient (Wildman–Crippen LogP) is 5.19. The number of fused-ring (bicyclic) bond motifs is 6. The van der Waals surface area contributed by atoms with Crippen molar-refractivity contribution in [1.29, 1.82) is 0 Å². The summed E-state index contributed by atoms with van der Waals surface area (Å²) in [5.41, 5.74) is 5.21. The van der Waals surface area contributed by atoms with Crippen LogP contribution in [0.5, 0.6) is 11.5 Å². The van der Waals surface area contributed by atoms with Crippen LogP contribution in [0.4, 0.5) is 0 Å². The first-order valence-electron chi connectivity index (χ1n) is 11.4. The maximum Gasteiger partial charge on any atom is 0.242 e. The molecule has 2 aliphatic heterocycles. The van der Waals surface area contributed by atoms with Crippen molar-refractivity contribution >= 4 is 38.4 Å². The first kappa shape index (κ1) is 20.9. The summed E-state index contributed by atoms with van der Waals surface area (Å²) in [7, 11) is 1.13. The lowest BCUT2D eigenvalue weighted by atomic mass is 9.83. The van der Waals surface area contributed by atoms with E-state index in [0.717, 1.165) is 17.9 Å². The van der Waals surface area contributed by atoms with Crippen molar-refractivity contribution in [1.82, 2.24) is 0 Å². The maximum absolute atomic E-state index is 6.54. The van der Waals surface area contributed by atoms with E-state index in [1.54, 1.807) is 0 Å². The summed E-state index contributed by atoms with van der Waals surface area (Å²) in [6, 6.07) is 30.6. The number of benzene rings is 4. The fraction of sp³-hybridized carbons (Fsp3) is 0.172. The molecule has 0 N–H and O–H groups in total. The molecule has 2 heterocycles. The number of rotatable bonds is 4. The van der Waals surface area contributed by atoms with Gasteiger partial charge in [-0.15, -0.1) is 0 Å². The van der Waals surface area contributed by atoms with Gasteiger partial charge in [0.2, 0.25) is 6.29 Å². The standard InChI is InChI=1S/C29H26O2P2/c1-18-13-23-22-17-27(30-28(23)25(15-18)32-20-9-5-3-6-10-20)31-29-24(22)14-19(2)16-26(29)33-21-11-7-4-8-12-21/h3-16,22,27,32-33H,17H2,1-2H3. The Kier molecular flexibility index (Phi) is 5.45. The topological polar surface area (TPSA) is 18.5 Å². The van der Waals surface area contributed by atoms with E-state index >= 15 is 0 Å². The molecule has 164 valence electrons. The smallest absolute Gasteiger partial charge is 0.242 e. The Hall–Kier alpha value is -2.66. The average Bonchev–Trinajstić information content (AvgIpc) is 2.82. The van der Waals surface area contributed by atoms with Crippen molar-refractivity contribution in [2.45, 2.75) is 32.5 Å². The zero-order valence-corrected chi connectivity index (χ0v) is 20.8. The van der Waals surface area contributed by atoms with Crippen LogP contribution in [-0.2, 0) is 0 Å². The molecule has 33 heavy (non-hydrogen) atoms. The highest BCUT2D eigenvalue weighted by molar-refractivity contribution is 7.56. The fourth-order valence-corrected chi connectivity index (χ4v) is 7.49. The van der Waals surface area contributed by atoms with Gasteiger partial charge in [0.25, 0.3) is 0 Å². The minimum absolute atomic E-state index is 0.237. The van der Waals surface area contributed by atoms with Crippen molar-refractivity contribution in [3.8, 4) is 11.5 Å². The van der Waals surface area contributed by atoms with Gasteiger partial charge in [-0.05, 0) is 47.7 Å². The lowest BCUT2D eigenvalue weighted by Crippen LogP contribution is -2.38. The molecule has 0 saturated carbocycles. The monoisotopic (exact) mass is 468 g/mol. The van der Waals surface area contributed by atoms with Gasteiger partial charge in [-0.1, -0.05) is 90.0 Å². The molecule has 2 unspecified atom stereocenters. The molecular formula is C29H26O2P2. The van der Waals surface area contributed by atoms with E-state index in [1.807, 2.05) is 0 Å². The number of aryl methyl sites for hydroxylation is 2. The summed E-state index contributed by atoms with van der Waals surface area (Å²) in [6.07, 6.45) is 0.633. The van der Waals surface area contributed by atoms with Gasteiger partial charge in [-0.25, -0.2) is 0 Å². The Morgan fingerprint density at radius 3 is 1.55 bits per heavy atom. The molecule has 0 fully saturated rings. The number of hydrogen-bond acceptors (Lipinski definition) is 2. The van der Waals surface area contributed by atoms with Crippen molar-refractivity contribution in [3.63, 3.8) is 0 Å². The van der Waals surface area contributed by atoms with Gasteiger partial charge in [0.15, 0.2) is 0 Å². The number of ether oxygens (including phenoxy) is 2. The molecule has 6 rings (SSSR count). The molecular weight excluding hydrogens is 442 g/mol. The largest absolute Gasteiger partial charge is 0.454 e. The molecule has 0 amide bonds. The molecule has 0 spiro atoms. The fourth-order valence-electron chi connectivity index (χ4n) is 4.92. The normalized spacial score (nSPS) is 18.7.